The summed E-state index contributed by atoms with van der Waals surface area (Å²) in [5.41, 5.74) is 1.97. The lowest BCUT2D eigenvalue weighted by Gasteiger charge is -2.22. The highest BCUT2D eigenvalue weighted by atomic mass is 16.4. The smallest absolute Gasteiger partial charge is 0.335 e. The molecule has 0 bridgehead atoms. The number of para-hydroxylation sites is 1. The Morgan fingerprint density at radius 3 is 2.44 bits per heavy atom. The van der Waals surface area contributed by atoms with Crippen molar-refractivity contribution >= 4 is 23.3 Å². The molecule has 3 N–H and O–H groups in total. The van der Waals surface area contributed by atoms with Crippen molar-refractivity contribution in [1.82, 2.24) is 0 Å². The molecule has 0 aliphatic heterocycles. The van der Waals surface area contributed by atoms with Gasteiger partial charge in [0.05, 0.1) is 5.56 Å². The maximum absolute atomic E-state index is 12.3. The second kappa shape index (κ2) is 8.19. The lowest BCUT2D eigenvalue weighted by atomic mass is 9.86. The van der Waals surface area contributed by atoms with Gasteiger partial charge in [0.25, 0.3) is 5.91 Å². The number of benzene rings is 2. The molecule has 0 aliphatic rings. The summed E-state index contributed by atoms with van der Waals surface area (Å²) in [6.45, 7) is 6.22. The molecular formula is C21H21N3O3. The number of anilines is 2. The van der Waals surface area contributed by atoms with Crippen molar-refractivity contribution in [3.8, 4) is 6.07 Å². The summed E-state index contributed by atoms with van der Waals surface area (Å²) in [5, 5.41) is 23.9. The fourth-order valence-corrected chi connectivity index (χ4v) is 2.49. The predicted octanol–water partition coefficient (Wildman–Crippen LogP) is 4.14. The highest BCUT2D eigenvalue weighted by Gasteiger charge is 2.17. The average Bonchev–Trinajstić information content (AvgIpc) is 2.62. The number of nitriles is 1. The number of carboxylic acids is 1. The fraction of sp³-hybridized carbons (Fsp3) is 0.190. The van der Waals surface area contributed by atoms with E-state index in [4.69, 9.17) is 5.11 Å². The van der Waals surface area contributed by atoms with E-state index in [1.165, 1.54) is 24.4 Å². The summed E-state index contributed by atoms with van der Waals surface area (Å²) >= 11 is 0. The number of aromatic carboxylic acids is 1. The van der Waals surface area contributed by atoms with E-state index in [2.05, 4.69) is 31.4 Å². The van der Waals surface area contributed by atoms with Crippen molar-refractivity contribution in [3.63, 3.8) is 0 Å². The van der Waals surface area contributed by atoms with Crippen LogP contribution in [-0.2, 0) is 10.2 Å². The van der Waals surface area contributed by atoms with E-state index in [-0.39, 0.29) is 16.6 Å². The van der Waals surface area contributed by atoms with Gasteiger partial charge in [0.15, 0.2) is 0 Å². The third-order valence-corrected chi connectivity index (χ3v) is 3.84. The van der Waals surface area contributed by atoms with Crippen molar-refractivity contribution in [1.29, 1.82) is 5.26 Å². The van der Waals surface area contributed by atoms with Crippen LogP contribution >= 0.6 is 0 Å². The van der Waals surface area contributed by atoms with Gasteiger partial charge in [0.1, 0.15) is 11.6 Å². The number of nitrogens with zero attached hydrogens (tertiary/aromatic N) is 1. The van der Waals surface area contributed by atoms with Crippen molar-refractivity contribution < 1.29 is 14.7 Å². The maximum atomic E-state index is 12.3. The third-order valence-electron chi connectivity index (χ3n) is 3.84. The maximum Gasteiger partial charge on any atom is 0.335 e. The Labute approximate surface area is 158 Å². The Bertz CT molecular complexity index is 934. The van der Waals surface area contributed by atoms with Gasteiger partial charge >= 0.3 is 5.97 Å². The molecule has 0 heterocycles. The Morgan fingerprint density at radius 2 is 1.81 bits per heavy atom. The van der Waals surface area contributed by atoms with Crippen molar-refractivity contribution in [2.75, 3.05) is 10.6 Å². The SMILES string of the molecule is CC(C)(C)c1ccccc1N/C=C(/C#N)C(=O)Nc1cccc(C(=O)O)c1. The second-order valence-electron chi connectivity index (χ2n) is 6.95. The van der Waals surface area contributed by atoms with Gasteiger partial charge < -0.3 is 15.7 Å². The number of rotatable bonds is 5. The summed E-state index contributed by atoms with van der Waals surface area (Å²) in [6, 6.07) is 15.4. The number of carboxylic acid groups (broad SMARTS) is 1. The van der Waals surface area contributed by atoms with Crippen LogP contribution in [0, 0.1) is 11.3 Å². The molecule has 0 atom stereocenters. The molecule has 6 nitrogen and oxygen atoms in total. The molecule has 6 heteroatoms. The van der Waals surface area contributed by atoms with Crippen LogP contribution in [0.2, 0.25) is 0 Å². The quantitative estimate of drug-likeness (QED) is 0.547. The molecule has 0 radical (unpaired) electrons. The zero-order chi connectivity index (χ0) is 20.0. The fourth-order valence-electron chi connectivity index (χ4n) is 2.49. The van der Waals surface area contributed by atoms with Crippen molar-refractivity contribution in [3.05, 3.63) is 71.4 Å². The van der Waals surface area contributed by atoms with Gasteiger partial charge in [0.2, 0.25) is 0 Å². The number of amides is 1. The van der Waals surface area contributed by atoms with Gasteiger partial charge in [-0.05, 0) is 35.2 Å². The Kier molecular flexibility index (Phi) is 5.99. The number of carbonyl (C=O) groups excluding carboxylic acids is 1. The third kappa shape index (κ3) is 5.19. The molecule has 1 amide bonds. The second-order valence-corrected chi connectivity index (χ2v) is 6.95. The van der Waals surface area contributed by atoms with Gasteiger partial charge in [-0.15, -0.1) is 0 Å². The molecule has 2 aromatic carbocycles. The molecular weight excluding hydrogens is 342 g/mol. The van der Waals surface area contributed by atoms with Crippen LogP contribution < -0.4 is 10.6 Å². The Balaban J connectivity index is 2.20. The summed E-state index contributed by atoms with van der Waals surface area (Å²) in [6.07, 6.45) is 1.35. The van der Waals surface area contributed by atoms with Crippen LogP contribution in [-0.4, -0.2) is 17.0 Å². The van der Waals surface area contributed by atoms with Crippen LogP contribution in [0.25, 0.3) is 0 Å². The van der Waals surface area contributed by atoms with Crippen molar-refractivity contribution in [2.45, 2.75) is 26.2 Å². The Hall–Kier alpha value is -3.59. The number of hydrogen-bond acceptors (Lipinski definition) is 4. The molecule has 0 aromatic heterocycles. The molecule has 2 rings (SSSR count). The summed E-state index contributed by atoms with van der Waals surface area (Å²) in [7, 11) is 0. The number of nitrogens with one attached hydrogen (secondary N) is 2. The lowest BCUT2D eigenvalue weighted by molar-refractivity contribution is -0.112. The van der Waals surface area contributed by atoms with Crippen LogP contribution in [0.1, 0.15) is 36.7 Å². The highest BCUT2D eigenvalue weighted by molar-refractivity contribution is 6.07. The molecule has 0 fully saturated rings. The highest BCUT2D eigenvalue weighted by Crippen LogP contribution is 2.29. The van der Waals surface area contributed by atoms with Crippen LogP contribution in [0.15, 0.2) is 60.3 Å². The van der Waals surface area contributed by atoms with E-state index in [0.717, 1.165) is 11.3 Å². The van der Waals surface area contributed by atoms with Crippen LogP contribution in [0.3, 0.4) is 0 Å². The number of carbonyl (C=O) groups is 2. The van der Waals surface area contributed by atoms with E-state index < -0.39 is 11.9 Å². The van der Waals surface area contributed by atoms with Gasteiger partial charge in [-0.1, -0.05) is 45.0 Å². The standard InChI is InChI=1S/C21H21N3O3/c1-21(2,3)17-9-4-5-10-18(17)23-13-15(12-22)19(25)24-16-8-6-7-14(11-16)20(26)27/h4-11,13,23H,1-3H3,(H,24,25)(H,26,27)/b15-13-. The molecule has 0 unspecified atom stereocenters. The van der Waals surface area contributed by atoms with Crippen molar-refractivity contribution in [2.24, 2.45) is 0 Å². The average molecular weight is 363 g/mol. The molecule has 0 aliphatic carbocycles. The van der Waals surface area contributed by atoms with Gasteiger partial charge in [-0.3, -0.25) is 4.79 Å². The largest absolute Gasteiger partial charge is 0.478 e. The minimum atomic E-state index is -1.09. The van der Waals surface area contributed by atoms with E-state index in [9.17, 15) is 14.9 Å². The molecule has 27 heavy (non-hydrogen) atoms. The summed E-state index contributed by atoms with van der Waals surface area (Å²) < 4.78 is 0. The number of hydrogen-bond donors (Lipinski definition) is 3. The van der Waals surface area contributed by atoms with E-state index >= 15 is 0 Å². The van der Waals surface area contributed by atoms with Crippen LogP contribution in [0.4, 0.5) is 11.4 Å². The van der Waals surface area contributed by atoms with Gasteiger partial charge in [-0.2, -0.15) is 5.26 Å². The molecule has 0 spiro atoms. The first-order valence-corrected chi connectivity index (χ1v) is 8.33. The minimum Gasteiger partial charge on any atom is -0.478 e. The van der Waals surface area contributed by atoms with E-state index in [1.807, 2.05) is 30.3 Å². The molecule has 2 aromatic rings. The first-order chi connectivity index (χ1) is 12.7. The summed E-state index contributed by atoms with van der Waals surface area (Å²) in [4.78, 5) is 23.4. The Morgan fingerprint density at radius 1 is 1.11 bits per heavy atom. The zero-order valence-electron chi connectivity index (χ0n) is 15.4. The first kappa shape index (κ1) is 19.7. The minimum absolute atomic E-state index is 0.0486. The van der Waals surface area contributed by atoms with Gasteiger partial charge in [0, 0.05) is 17.6 Å². The predicted molar refractivity (Wildman–Crippen MR) is 104 cm³/mol. The summed E-state index contributed by atoms with van der Waals surface area (Å²) in [5.74, 6) is -1.72. The monoisotopic (exact) mass is 363 g/mol. The van der Waals surface area contributed by atoms with E-state index in [1.54, 1.807) is 6.07 Å². The normalized spacial score (nSPS) is 11.4. The molecule has 138 valence electrons. The zero-order valence-corrected chi connectivity index (χ0v) is 15.4. The van der Waals surface area contributed by atoms with E-state index in [0.29, 0.717) is 5.69 Å². The molecule has 0 saturated carbocycles. The molecule has 0 saturated heterocycles. The topological polar surface area (TPSA) is 102 Å². The van der Waals surface area contributed by atoms with Gasteiger partial charge in [-0.25, -0.2) is 4.79 Å². The lowest BCUT2D eigenvalue weighted by Crippen LogP contribution is -2.16. The first-order valence-electron chi connectivity index (χ1n) is 8.33. The van der Waals surface area contributed by atoms with Crippen LogP contribution in [0.5, 0.6) is 0 Å².